The van der Waals surface area contributed by atoms with Crippen LogP contribution in [0.15, 0.2) is 66.7 Å². The highest BCUT2D eigenvalue weighted by molar-refractivity contribution is 5.63. The Morgan fingerprint density at radius 1 is 1.00 bits per heavy atom. The molecular weight excluding hydrogens is 482 g/mol. The number of rotatable bonds is 10. The van der Waals surface area contributed by atoms with Gasteiger partial charge in [0.2, 0.25) is 0 Å². The first-order valence-corrected chi connectivity index (χ1v) is 11.6. The van der Waals surface area contributed by atoms with Crippen molar-refractivity contribution in [2.24, 2.45) is 0 Å². The van der Waals surface area contributed by atoms with E-state index in [2.05, 4.69) is 5.43 Å². The van der Waals surface area contributed by atoms with Crippen LogP contribution in [0, 0.1) is 10.1 Å². The number of hydrogen-bond acceptors (Lipinski definition) is 8. The monoisotopic (exact) mass is 509 g/mol. The number of hydrazine groups is 1. The SMILES string of the molecule is COc1cc([N+](=O)[O-])ccc1Oc1ccc(COc2ccc(OC3CCN(NC(=O)O)CC3)cc2)cc1. The number of hydrogen-bond donors (Lipinski definition) is 2. The molecule has 1 saturated heterocycles. The molecule has 1 heterocycles. The summed E-state index contributed by atoms with van der Waals surface area (Å²) in [4.78, 5) is 21.2. The molecule has 1 aliphatic heterocycles. The van der Waals surface area contributed by atoms with Gasteiger partial charge in [-0.05, 0) is 60.9 Å². The van der Waals surface area contributed by atoms with Gasteiger partial charge in [-0.3, -0.25) is 15.5 Å². The highest BCUT2D eigenvalue weighted by atomic mass is 16.6. The Morgan fingerprint density at radius 2 is 1.65 bits per heavy atom. The maximum absolute atomic E-state index is 10.9. The molecule has 2 N–H and O–H groups in total. The van der Waals surface area contributed by atoms with E-state index in [0.29, 0.717) is 36.9 Å². The summed E-state index contributed by atoms with van der Waals surface area (Å²) in [6.07, 6.45) is 0.442. The molecule has 0 atom stereocenters. The first kappa shape index (κ1) is 25.6. The zero-order chi connectivity index (χ0) is 26.2. The molecule has 3 aromatic carbocycles. The van der Waals surface area contributed by atoms with Crippen LogP contribution in [0.3, 0.4) is 0 Å². The molecule has 0 spiro atoms. The highest BCUT2D eigenvalue weighted by Gasteiger charge is 2.21. The number of carbonyl (C=O) groups is 1. The first-order valence-electron chi connectivity index (χ1n) is 11.6. The molecule has 0 unspecified atom stereocenters. The predicted octanol–water partition coefficient (Wildman–Crippen LogP) is 5.00. The molecule has 37 heavy (non-hydrogen) atoms. The molecule has 1 amide bonds. The number of nitro groups is 1. The maximum atomic E-state index is 10.9. The quantitative estimate of drug-likeness (QED) is 0.286. The van der Waals surface area contributed by atoms with Gasteiger partial charge in [-0.2, -0.15) is 0 Å². The molecule has 1 fully saturated rings. The van der Waals surface area contributed by atoms with E-state index in [1.807, 2.05) is 36.4 Å². The summed E-state index contributed by atoms with van der Waals surface area (Å²) >= 11 is 0. The normalized spacial score (nSPS) is 14.0. The van der Waals surface area contributed by atoms with Crippen molar-refractivity contribution in [3.63, 3.8) is 0 Å². The lowest BCUT2D eigenvalue weighted by Gasteiger charge is -2.31. The number of nitrogens with zero attached hydrogens (tertiary/aromatic N) is 2. The van der Waals surface area contributed by atoms with Crippen LogP contribution in [0.4, 0.5) is 10.5 Å². The maximum Gasteiger partial charge on any atom is 0.419 e. The Hall–Kier alpha value is -4.51. The van der Waals surface area contributed by atoms with E-state index in [1.165, 1.54) is 25.3 Å². The van der Waals surface area contributed by atoms with Gasteiger partial charge < -0.3 is 24.1 Å². The van der Waals surface area contributed by atoms with Gasteiger partial charge in [-0.25, -0.2) is 9.80 Å². The zero-order valence-electron chi connectivity index (χ0n) is 20.2. The van der Waals surface area contributed by atoms with Crippen molar-refractivity contribution in [1.82, 2.24) is 10.4 Å². The van der Waals surface area contributed by atoms with Crippen LogP contribution >= 0.6 is 0 Å². The molecule has 11 nitrogen and oxygen atoms in total. The van der Waals surface area contributed by atoms with Crippen molar-refractivity contribution < 1.29 is 33.8 Å². The number of amides is 1. The lowest BCUT2D eigenvalue weighted by atomic mass is 10.1. The molecule has 0 aromatic heterocycles. The summed E-state index contributed by atoms with van der Waals surface area (Å²) in [5.74, 6) is 2.64. The summed E-state index contributed by atoms with van der Waals surface area (Å²) in [5.41, 5.74) is 3.23. The molecule has 4 rings (SSSR count). The van der Waals surface area contributed by atoms with E-state index in [-0.39, 0.29) is 17.5 Å². The fraction of sp³-hybridized carbons (Fsp3) is 0.269. The Labute approximate surface area is 213 Å². The average molecular weight is 510 g/mol. The first-order chi connectivity index (χ1) is 17.9. The smallest absolute Gasteiger partial charge is 0.419 e. The van der Waals surface area contributed by atoms with Gasteiger partial charge in [-0.15, -0.1) is 0 Å². The minimum atomic E-state index is -1.05. The summed E-state index contributed by atoms with van der Waals surface area (Å²) in [6, 6.07) is 18.9. The molecule has 0 saturated carbocycles. The van der Waals surface area contributed by atoms with Crippen LogP contribution in [-0.4, -0.2) is 47.4 Å². The number of non-ortho nitro benzene ring substituents is 1. The van der Waals surface area contributed by atoms with Crippen LogP contribution < -0.4 is 24.4 Å². The van der Waals surface area contributed by atoms with Crippen LogP contribution in [0.25, 0.3) is 0 Å². The fourth-order valence-electron chi connectivity index (χ4n) is 3.83. The number of nitro benzene ring substituents is 1. The van der Waals surface area contributed by atoms with Crippen molar-refractivity contribution in [1.29, 1.82) is 0 Å². The highest BCUT2D eigenvalue weighted by Crippen LogP contribution is 2.34. The van der Waals surface area contributed by atoms with Crippen molar-refractivity contribution in [3.8, 4) is 28.7 Å². The van der Waals surface area contributed by atoms with E-state index in [4.69, 9.17) is 24.1 Å². The number of methoxy groups -OCH3 is 1. The zero-order valence-corrected chi connectivity index (χ0v) is 20.2. The molecule has 3 aromatic rings. The van der Waals surface area contributed by atoms with Crippen LogP contribution in [0.1, 0.15) is 18.4 Å². The summed E-state index contributed by atoms with van der Waals surface area (Å²) in [5, 5.41) is 21.4. The molecule has 1 aliphatic rings. The Kier molecular flexibility index (Phi) is 8.26. The predicted molar refractivity (Wildman–Crippen MR) is 133 cm³/mol. The molecule has 0 aliphatic carbocycles. The van der Waals surface area contributed by atoms with E-state index in [0.717, 1.165) is 24.2 Å². The molecular formula is C26H27N3O8. The van der Waals surface area contributed by atoms with Crippen molar-refractivity contribution in [3.05, 3.63) is 82.4 Å². The second-order valence-corrected chi connectivity index (χ2v) is 8.32. The number of piperidine rings is 1. The number of nitrogens with one attached hydrogen (secondary N) is 1. The van der Waals surface area contributed by atoms with Gasteiger partial charge in [0.15, 0.2) is 11.5 Å². The summed E-state index contributed by atoms with van der Waals surface area (Å²) in [7, 11) is 1.43. The van der Waals surface area contributed by atoms with Gasteiger partial charge in [0.25, 0.3) is 5.69 Å². The molecule has 11 heteroatoms. The second kappa shape index (κ2) is 12.0. The number of ether oxygens (including phenoxy) is 4. The lowest BCUT2D eigenvalue weighted by molar-refractivity contribution is -0.384. The van der Waals surface area contributed by atoms with Crippen LogP contribution in [0.2, 0.25) is 0 Å². The van der Waals surface area contributed by atoms with Gasteiger partial charge in [0.05, 0.1) is 18.1 Å². The van der Waals surface area contributed by atoms with Crippen molar-refractivity contribution >= 4 is 11.8 Å². The average Bonchev–Trinajstić information content (AvgIpc) is 2.90. The van der Waals surface area contributed by atoms with Crippen molar-refractivity contribution in [2.75, 3.05) is 20.2 Å². The topological polar surface area (TPSA) is 133 Å². The minimum absolute atomic E-state index is 0.0327. The molecule has 0 radical (unpaired) electrons. The molecule has 0 bridgehead atoms. The Balaban J connectivity index is 1.25. The lowest BCUT2D eigenvalue weighted by Crippen LogP contribution is -2.48. The Bertz CT molecular complexity index is 1210. The molecule has 194 valence electrons. The largest absolute Gasteiger partial charge is 0.493 e. The summed E-state index contributed by atoms with van der Waals surface area (Å²) in [6.45, 7) is 1.56. The van der Waals surface area contributed by atoms with Crippen LogP contribution in [-0.2, 0) is 6.61 Å². The minimum Gasteiger partial charge on any atom is -0.493 e. The number of benzene rings is 3. The van der Waals surface area contributed by atoms with E-state index >= 15 is 0 Å². The summed E-state index contributed by atoms with van der Waals surface area (Å²) < 4.78 is 22.9. The van der Waals surface area contributed by atoms with Crippen LogP contribution in [0.5, 0.6) is 28.7 Å². The standard InChI is InChI=1S/C26H27N3O8/c1-34-25-16-19(29(32)33)4-11-24(25)37-22-5-2-18(3-6-22)17-35-20-7-9-21(10-8-20)36-23-12-14-28(15-13-23)27-26(30)31/h2-11,16,23,27H,12-15,17H2,1H3,(H,30,31). The van der Waals surface area contributed by atoms with Gasteiger partial charge in [-0.1, -0.05) is 12.1 Å². The van der Waals surface area contributed by atoms with Crippen molar-refractivity contribution in [2.45, 2.75) is 25.6 Å². The second-order valence-electron chi connectivity index (χ2n) is 8.32. The van der Waals surface area contributed by atoms with E-state index < -0.39 is 11.0 Å². The Morgan fingerprint density at radius 3 is 2.27 bits per heavy atom. The third-order valence-corrected chi connectivity index (χ3v) is 5.74. The van der Waals surface area contributed by atoms with E-state index in [9.17, 15) is 14.9 Å². The van der Waals surface area contributed by atoms with Gasteiger partial charge >= 0.3 is 6.09 Å². The number of carboxylic acid groups (broad SMARTS) is 1. The fourth-order valence-corrected chi connectivity index (χ4v) is 3.83. The van der Waals surface area contributed by atoms with Gasteiger partial charge in [0.1, 0.15) is 30.0 Å². The third kappa shape index (κ3) is 7.24. The van der Waals surface area contributed by atoms with Gasteiger partial charge in [0, 0.05) is 19.2 Å². The third-order valence-electron chi connectivity index (χ3n) is 5.74. The van der Waals surface area contributed by atoms with E-state index in [1.54, 1.807) is 17.1 Å².